The van der Waals surface area contributed by atoms with E-state index in [-0.39, 0.29) is 11.1 Å². The first-order chi connectivity index (χ1) is 8.81. The minimum absolute atomic E-state index is 0.220. The quantitative estimate of drug-likeness (QED) is 0.679. The van der Waals surface area contributed by atoms with E-state index in [4.69, 9.17) is 5.11 Å². The Morgan fingerprint density at radius 2 is 1.26 bits per heavy atom. The molecule has 1 saturated heterocycles. The second-order valence-corrected chi connectivity index (χ2v) is 7.77. The number of hydrogen-bond donors (Lipinski definition) is 0. The minimum Gasteiger partial charge on any atom is -0.296 e. The normalized spacial score (nSPS) is 29.9. The van der Waals surface area contributed by atoms with Crippen molar-refractivity contribution in [2.24, 2.45) is 10.2 Å². The fraction of sp³-hybridized carbons (Fsp3) is 1.00. The van der Waals surface area contributed by atoms with E-state index in [1.165, 1.54) is 32.1 Å². The maximum absolute atomic E-state index is 4.73. The van der Waals surface area contributed by atoms with E-state index >= 15 is 0 Å². The van der Waals surface area contributed by atoms with Gasteiger partial charge in [0.2, 0.25) is 0 Å². The van der Waals surface area contributed by atoms with E-state index < -0.39 is 0 Å². The first kappa shape index (κ1) is 15.0. The van der Waals surface area contributed by atoms with E-state index in [1.807, 2.05) is 0 Å². The third kappa shape index (κ3) is 3.56. The molecule has 2 fully saturated rings. The van der Waals surface area contributed by atoms with Gasteiger partial charge < -0.3 is 0 Å². The van der Waals surface area contributed by atoms with Gasteiger partial charge in [-0.25, -0.2) is 0 Å². The molecule has 3 heteroatoms. The van der Waals surface area contributed by atoms with Crippen LogP contribution in [0.5, 0.6) is 0 Å². The molecule has 0 bridgehead atoms. The van der Waals surface area contributed by atoms with E-state index in [1.54, 1.807) is 0 Å². The molecule has 1 heterocycles. The van der Waals surface area contributed by atoms with Crippen LogP contribution < -0.4 is 0 Å². The van der Waals surface area contributed by atoms with Crippen molar-refractivity contribution in [3.63, 3.8) is 0 Å². The fourth-order valence-electron chi connectivity index (χ4n) is 3.79. The summed E-state index contributed by atoms with van der Waals surface area (Å²) in [5, 5.41) is 9.40. The molecule has 1 aliphatic heterocycles. The van der Waals surface area contributed by atoms with Gasteiger partial charge in [-0.2, -0.15) is 10.2 Å². The second-order valence-electron chi connectivity index (χ2n) is 7.77. The molecule has 19 heavy (non-hydrogen) atoms. The molecule has 0 aromatic carbocycles. The van der Waals surface area contributed by atoms with E-state index in [9.17, 15) is 0 Å². The summed E-state index contributed by atoms with van der Waals surface area (Å²) in [5.74, 6) is 0. The summed E-state index contributed by atoms with van der Waals surface area (Å²) in [5.41, 5.74) is 0.440. The van der Waals surface area contributed by atoms with E-state index in [2.05, 4.69) is 44.8 Å². The highest BCUT2D eigenvalue weighted by atomic mass is 15.3. The number of likely N-dealkylation sites (tertiary alicyclic amines) is 1. The Bertz CT molecular complexity index is 309. The van der Waals surface area contributed by atoms with Crippen LogP contribution >= 0.6 is 0 Å². The third-order valence-corrected chi connectivity index (χ3v) is 5.25. The summed E-state index contributed by atoms with van der Waals surface area (Å²) >= 11 is 0. The Balaban J connectivity index is 1.99. The summed E-state index contributed by atoms with van der Waals surface area (Å²) in [4.78, 5) is 2.51. The standard InChI is InChI=1S/C16H31N3/c1-15(2)11-14(12-16(3,4)19(15)5)18-17-13-9-7-6-8-10-13/h13-14H,6-12H2,1-5H3. The molecule has 0 aromatic rings. The Kier molecular flexibility index (Phi) is 4.34. The van der Waals surface area contributed by atoms with Crippen molar-refractivity contribution in [3.05, 3.63) is 0 Å². The number of azo groups is 1. The van der Waals surface area contributed by atoms with Gasteiger partial charge in [-0.15, -0.1) is 0 Å². The lowest BCUT2D eigenvalue weighted by molar-refractivity contribution is -0.0122. The van der Waals surface area contributed by atoms with Gasteiger partial charge in [0.15, 0.2) is 0 Å². The van der Waals surface area contributed by atoms with Gasteiger partial charge in [0.25, 0.3) is 0 Å². The zero-order chi connectivity index (χ0) is 14.1. The Hall–Kier alpha value is -0.440. The van der Waals surface area contributed by atoms with Crippen LogP contribution in [-0.4, -0.2) is 35.1 Å². The van der Waals surface area contributed by atoms with Crippen LogP contribution in [-0.2, 0) is 0 Å². The van der Waals surface area contributed by atoms with Crippen LogP contribution in [0.15, 0.2) is 10.2 Å². The van der Waals surface area contributed by atoms with Crippen molar-refractivity contribution in [2.45, 2.75) is 95.8 Å². The molecule has 0 atom stereocenters. The molecule has 0 unspecified atom stereocenters. The Labute approximate surface area is 118 Å². The molecular formula is C16H31N3. The number of piperidine rings is 1. The first-order valence-electron chi connectivity index (χ1n) is 7.95. The summed E-state index contributed by atoms with van der Waals surface area (Å²) < 4.78 is 0. The SMILES string of the molecule is CN1C(C)(C)CC(N=NC2CCCCC2)CC1(C)C. The van der Waals surface area contributed by atoms with Crippen molar-refractivity contribution in [1.82, 2.24) is 4.90 Å². The molecule has 0 aromatic heterocycles. The van der Waals surface area contributed by atoms with E-state index in [0.29, 0.717) is 12.1 Å². The molecule has 2 aliphatic rings. The molecular weight excluding hydrogens is 234 g/mol. The summed E-state index contributed by atoms with van der Waals surface area (Å²) in [6.07, 6.45) is 8.83. The average Bonchev–Trinajstić information content (AvgIpc) is 2.34. The molecule has 1 saturated carbocycles. The van der Waals surface area contributed by atoms with Crippen LogP contribution in [0.3, 0.4) is 0 Å². The van der Waals surface area contributed by atoms with Crippen molar-refractivity contribution < 1.29 is 0 Å². The van der Waals surface area contributed by atoms with E-state index in [0.717, 1.165) is 12.8 Å². The first-order valence-corrected chi connectivity index (χ1v) is 7.95. The largest absolute Gasteiger partial charge is 0.296 e. The summed E-state index contributed by atoms with van der Waals surface area (Å²) in [7, 11) is 2.24. The summed E-state index contributed by atoms with van der Waals surface area (Å²) in [6.45, 7) is 9.32. The molecule has 0 amide bonds. The van der Waals surface area contributed by atoms with Crippen LogP contribution in [0.1, 0.15) is 72.6 Å². The third-order valence-electron chi connectivity index (χ3n) is 5.25. The molecule has 2 rings (SSSR count). The highest BCUT2D eigenvalue weighted by Crippen LogP contribution is 2.38. The predicted molar refractivity (Wildman–Crippen MR) is 80.7 cm³/mol. The second kappa shape index (κ2) is 5.51. The van der Waals surface area contributed by atoms with Gasteiger partial charge >= 0.3 is 0 Å². The van der Waals surface area contributed by atoms with Gasteiger partial charge in [-0.05, 0) is 60.4 Å². The number of hydrogen-bond acceptors (Lipinski definition) is 3. The van der Waals surface area contributed by atoms with Crippen molar-refractivity contribution in [1.29, 1.82) is 0 Å². The smallest absolute Gasteiger partial charge is 0.0743 e. The van der Waals surface area contributed by atoms with Gasteiger partial charge in [0.05, 0.1) is 12.1 Å². The number of rotatable bonds is 2. The molecule has 0 spiro atoms. The Morgan fingerprint density at radius 3 is 1.79 bits per heavy atom. The molecule has 1 aliphatic carbocycles. The fourth-order valence-corrected chi connectivity index (χ4v) is 3.79. The zero-order valence-electron chi connectivity index (χ0n) is 13.4. The van der Waals surface area contributed by atoms with Crippen molar-refractivity contribution >= 4 is 0 Å². The lowest BCUT2D eigenvalue weighted by atomic mass is 9.78. The van der Waals surface area contributed by atoms with Crippen LogP contribution in [0, 0.1) is 0 Å². The summed E-state index contributed by atoms with van der Waals surface area (Å²) in [6, 6.07) is 0.919. The van der Waals surface area contributed by atoms with Crippen molar-refractivity contribution in [2.75, 3.05) is 7.05 Å². The topological polar surface area (TPSA) is 28.0 Å². The van der Waals surface area contributed by atoms with Gasteiger partial charge in [-0.3, -0.25) is 4.90 Å². The van der Waals surface area contributed by atoms with Crippen LogP contribution in [0.25, 0.3) is 0 Å². The zero-order valence-corrected chi connectivity index (χ0v) is 13.4. The van der Waals surface area contributed by atoms with Crippen molar-refractivity contribution in [3.8, 4) is 0 Å². The maximum Gasteiger partial charge on any atom is 0.0743 e. The monoisotopic (exact) mass is 265 g/mol. The van der Waals surface area contributed by atoms with Gasteiger partial charge in [0.1, 0.15) is 0 Å². The van der Waals surface area contributed by atoms with Crippen LogP contribution in [0.4, 0.5) is 0 Å². The molecule has 0 radical (unpaired) electrons. The van der Waals surface area contributed by atoms with Crippen LogP contribution in [0.2, 0.25) is 0 Å². The van der Waals surface area contributed by atoms with Gasteiger partial charge in [0, 0.05) is 11.1 Å². The predicted octanol–water partition coefficient (Wildman–Crippen LogP) is 4.42. The Morgan fingerprint density at radius 1 is 0.789 bits per heavy atom. The molecule has 110 valence electrons. The lowest BCUT2D eigenvalue weighted by Crippen LogP contribution is -2.59. The lowest BCUT2D eigenvalue weighted by Gasteiger charge is -2.52. The minimum atomic E-state index is 0.220. The average molecular weight is 265 g/mol. The number of nitrogens with zero attached hydrogens (tertiary/aromatic N) is 3. The molecule has 0 N–H and O–H groups in total. The van der Waals surface area contributed by atoms with Gasteiger partial charge in [-0.1, -0.05) is 19.3 Å². The maximum atomic E-state index is 4.73. The highest BCUT2D eigenvalue weighted by molar-refractivity contribution is 5.00. The highest BCUT2D eigenvalue weighted by Gasteiger charge is 2.43. The molecule has 3 nitrogen and oxygen atoms in total.